The SMILES string of the molecule is O=C(NC(CO)CC1CCCCO1)OCC1c2ccccc2-c2ccccc21. The fourth-order valence-electron chi connectivity index (χ4n) is 4.30. The first-order valence-electron chi connectivity index (χ1n) is 10.1. The van der Waals surface area contributed by atoms with Gasteiger partial charge >= 0.3 is 6.09 Å². The molecular formula is C23H27NO4. The minimum absolute atomic E-state index is 0.0346. The molecular weight excluding hydrogens is 354 g/mol. The van der Waals surface area contributed by atoms with Gasteiger partial charge in [-0.1, -0.05) is 48.5 Å². The number of aliphatic hydroxyl groups excluding tert-OH is 1. The Morgan fingerprint density at radius 2 is 1.79 bits per heavy atom. The summed E-state index contributed by atoms with van der Waals surface area (Å²) in [5.41, 5.74) is 4.78. The highest BCUT2D eigenvalue weighted by Gasteiger charge is 2.29. The molecule has 0 radical (unpaired) electrons. The zero-order valence-electron chi connectivity index (χ0n) is 16.0. The van der Waals surface area contributed by atoms with Crippen LogP contribution in [-0.2, 0) is 9.47 Å². The van der Waals surface area contributed by atoms with E-state index in [0.717, 1.165) is 25.9 Å². The van der Waals surface area contributed by atoms with E-state index in [9.17, 15) is 9.90 Å². The molecule has 2 N–H and O–H groups in total. The molecule has 2 aromatic rings. The number of alkyl carbamates (subject to hydrolysis) is 1. The summed E-state index contributed by atoms with van der Waals surface area (Å²) in [5.74, 6) is 0.0346. The Bertz CT molecular complexity index is 770. The van der Waals surface area contributed by atoms with E-state index in [2.05, 4.69) is 29.6 Å². The van der Waals surface area contributed by atoms with Crippen LogP contribution in [0.25, 0.3) is 11.1 Å². The van der Waals surface area contributed by atoms with E-state index >= 15 is 0 Å². The van der Waals surface area contributed by atoms with Gasteiger partial charge in [-0.15, -0.1) is 0 Å². The molecule has 1 saturated heterocycles. The Morgan fingerprint density at radius 1 is 1.11 bits per heavy atom. The number of nitrogens with one attached hydrogen (secondary N) is 1. The molecule has 1 aliphatic heterocycles. The Labute approximate surface area is 165 Å². The van der Waals surface area contributed by atoms with E-state index in [0.29, 0.717) is 6.42 Å². The molecule has 0 aromatic heterocycles. The topological polar surface area (TPSA) is 67.8 Å². The van der Waals surface area contributed by atoms with Crippen LogP contribution in [0.2, 0.25) is 0 Å². The predicted molar refractivity (Wildman–Crippen MR) is 107 cm³/mol. The third-order valence-electron chi connectivity index (χ3n) is 5.71. The van der Waals surface area contributed by atoms with Crippen molar-refractivity contribution < 1.29 is 19.4 Å². The summed E-state index contributed by atoms with van der Waals surface area (Å²) < 4.78 is 11.3. The summed E-state index contributed by atoms with van der Waals surface area (Å²) in [7, 11) is 0. The van der Waals surface area contributed by atoms with Crippen molar-refractivity contribution in [3.8, 4) is 11.1 Å². The van der Waals surface area contributed by atoms with E-state index in [-0.39, 0.29) is 31.3 Å². The normalized spacial score (nSPS) is 19.5. The van der Waals surface area contributed by atoms with Crippen molar-refractivity contribution in [1.82, 2.24) is 5.32 Å². The van der Waals surface area contributed by atoms with E-state index in [1.54, 1.807) is 0 Å². The van der Waals surface area contributed by atoms with Crippen molar-refractivity contribution >= 4 is 6.09 Å². The summed E-state index contributed by atoms with van der Waals surface area (Å²) in [4.78, 5) is 12.3. The number of carbonyl (C=O) groups excluding carboxylic acids is 1. The molecule has 1 amide bonds. The van der Waals surface area contributed by atoms with Crippen LogP contribution in [0, 0.1) is 0 Å². The smallest absolute Gasteiger partial charge is 0.407 e. The zero-order chi connectivity index (χ0) is 19.3. The van der Waals surface area contributed by atoms with Gasteiger partial charge in [-0.05, 0) is 47.9 Å². The van der Waals surface area contributed by atoms with Crippen LogP contribution in [0.1, 0.15) is 42.7 Å². The summed E-state index contributed by atoms with van der Waals surface area (Å²) in [6.45, 7) is 0.912. The van der Waals surface area contributed by atoms with Gasteiger partial charge < -0.3 is 19.9 Å². The molecule has 5 nitrogen and oxygen atoms in total. The quantitative estimate of drug-likeness (QED) is 0.798. The first-order valence-corrected chi connectivity index (χ1v) is 10.1. The lowest BCUT2D eigenvalue weighted by Crippen LogP contribution is -2.41. The second-order valence-electron chi connectivity index (χ2n) is 7.57. The van der Waals surface area contributed by atoms with Crippen molar-refractivity contribution in [3.63, 3.8) is 0 Å². The Kier molecular flexibility index (Phi) is 5.93. The third-order valence-corrected chi connectivity index (χ3v) is 5.71. The van der Waals surface area contributed by atoms with Crippen LogP contribution in [0.4, 0.5) is 4.79 Å². The van der Waals surface area contributed by atoms with Crippen molar-refractivity contribution in [2.75, 3.05) is 19.8 Å². The minimum atomic E-state index is -0.489. The molecule has 28 heavy (non-hydrogen) atoms. The van der Waals surface area contributed by atoms with Gasteiger partial charge in [-0.3, -0.25) is 0 Å². The van der Waals surface area contributed by atoms with Gasteiger partial charge in [0.1, 0.15) is 6.61 Å². The molecule has 2 atom stereocenters. The second kappa shape index (κ2) is 8.76. The van der Waals surface area contributed by atoms with Gasteiger partial charge in [0.15, 0.2) is 0 Å². The van der Waals surface area contributed by atoms with Gasteiger partial charge in [-0.25, -0.2) is 4.79 Å². The summed E-state index contributed by atoms with van der Waals surface area (Å²) in [6, 6.07) is 16.2. The standard InChI is InChI=1S/C23H27NO4/c25-14-16(13-17-7-5-6-12-27-17)24-23(26)28-15-22-20-10-3-1-8-18(20)19-9-2-4-11-21(19)22/h1-4,8-11,16-17,22,25H,5-7,12-15H2,(H,24,26). The third kappa shape index (κ3) is 4.05. The molecule has 2 aromatic carbocycles. The maximum absolute atomic E-state index is 12.3. The number of benzene rings is 2. The Hall–Kier alpha value is -2.37. The second-order valence-corrected chi connectivity index (χ2v) is 7.57. The molecule has 0 bridgehead atoms. The van der Waals surface area contributed by atoms with Crippen LogP contribution in [0.5, 0.6) is 0 Å². The van der Waals surface area contributed by atoms with Crippen molar-refractivity contribution in [2.45, 2.75) is 43.7 Å². The summed E-state index contributed by atoms with van der Waals surface area (Å²) in [6.07, 6.45) is 3.41. The van der Waals surface area contributed by atoms with Gasteiger partial charge in [-0.2, -0.15) is 0 Å². The van der Waals surface area contributed by atoms with Crippen LogP contribution in [0.3, 0.4) is 0 Å². The van der Waals surface area contributed by atoms with E-state index < -0.39 is 6.09 Å². The summed E-state index contributed by atoms with van der Waals surface area (Å²) in [5, 5.41) is 12.4. The number of ether oxygens (including phenoxy) is 2. The Balaban J connectivity index is 1.36. The van der Waals surface area contributed by atoms with Crippen LogP contribution in [-0.4, -0.2) is 43.2 Å². The van der Waals surface area contributed by atoms with Crippen molar-refractivity contribution in [3.05, 3.63) is 59.7 Å². The number of fused-ring (bicyclic) bond motifs is 3. The van der Waals surface area contributed by atoms with Crippen LogP contribution >= 0.6 is 0 Å². The van der Waals surface area contributed by atoms with Gasteiger partial charge in [0, 0.05) is 12.5 Å². The van der Waals surface area contributed by atoms with E-state index in [1.807, 2.05) is 24.3 Å². The lowest BCUT2D eigenvalue weighted by atomic mass is 9.98. The summed E-state index contributed by atoms with van der Waals surface area (Å²) >= 11 is 0. The van der Waals surface area contributed by atoms with Crippen molar-refractivity contribution in [2.24, 2.45) is 0 Å². The molecule has 5 heteroatoms. The lowest BCUT2D eigenvalue weighted by Gasteiger charge is -2.26. The predicted octanol–water partition coefficient (Wildman–Crippen LogP) is 3.85. The van der Waals surface area contributed by atoms with E-state index in [4.69, 9.17) is 9.47 Å². The zero-order valence-corrected chi connectivity index (χ0v) is 16.0. The highest BCUT2D eigenvalue weighted by atomic mass is 16.5. The maximum Gasteiger partial charge on any atom is 0.407 e. The molecule has 1 heterocycles. The molecule has 0 spiro atoms. The number of hydrogen-bond acceptors (Lipinski definition) is 4. The fourth-order valence-corrected chi connectivity index (χ4v) is 4.30. The Morgan fingerprint density at radius 3 is 2.39 bits per heavy atom. The first kappa shape index (κ1) is 19.0. The van der Waals surface area contributed by atoms with Gasteiger partial charge in [0.25, 0.3) is 0 Å². The minimum Gasteiger partial charge on any atom is -0.449 e. The molecule has 1 fully saturated rings. The molecule has 2 unspecified atom stereocenters. The molecule has 1 aliphatic carbocycles. The number of aliphatic hydroxyl groups is 1. The fraction of sp³-hybridized carbons (Fsp3) is 0.435. The molecule has 2 aliphatic rings. The van der Waals surface area contributed by atoms with Crippen LogP contribution < -0.4 is 5.32 Å². The highest BCUT2D eigenvalue weighted by Crippen LogP contribution is 2.44. The number of rotatable bonds is 6. The highest BCUT2D eigenvalue weighted by molar-refractivity contribution is 5.79. The molecule has 4 rings (SSSR count). The molecule has 0 saturated carbocycles. The van der Waals surface area contributed by atoms with Gasteiger partial charge in [0.2, 0.25) is 0 Å². The average Bonchev–Trinajstić information content (AvgIpc) is 3.06. The number of hydrogen-bond donors (Lipinski definition) is 2. The van der Waals surface area contributed by atoms with Gasteiger partial charge in [0.05, 0.1) is 18.8 Å². The lowest BCUT2D eigenvalue weighted by molar-refractivity contribution is 0.00117. The first-order chi connectivity index (χ1) is 13.8. The monoisotopic (exact) mass is 381 g/mol. The molecule has 148 valence electrons. The largest absolute Gasteiger partial charge is 0.449 e. The number of amides is 1. The van der Waals surface area contributed by atoms with E-state index in [1.165, 1.54) is 22.3 Å². The maximum atomic E-state index is 12.3. The average molecular weight is 381 g/mol. The van der Waals surface area contributed by atoms with Crippen LogP contribution in [0.15, 0.2) is 48.5 Å². The number of carbonyl (C=O) groups is 1. The van der Waals surface area contributed by atoms with Crippen molar-refractivity contribution in [1.29, 1.82) is 0 Å².